The second-order valence-electron chi connectivity index (χ2n) is 9.53. The van der Waals surface area contributed by atoms with E-state index in [4.69, 9.17) is 4.98 Å². The number of rotatable bonds is 4. The number of likely N-dealkylation sites (tertiary alicyclic amines) is 1. The van der Waals surface area contributed by atoms with Gasteiger partial charge < -0.3 is 9.80 Å². The number of anilines is 1. The molecule has 0 bridgehead atoms. The predicted molar refractivity (Wildman–Crippen MR) is 122 cm³/mol. The average molecular weight is 407 g/mol. The van der Waals surface area contributed by atoms with Crippen molar-refractivity contribution in [1.29, 1.82) is 0 Å². The van der Waals surface area contributed by atoms with Crippen molar-refractivity contribution in [2.24, 2.45) is 0 Å². The average Bonchev–Trinajstić information content (AvgIpc) is 3.02. The first kappa shape index (κ1) is 20.9. The van der Waals surface area contributed by atoms with Crippen molar-refractivity contribution in [2.45, 2.75) is 51.5 Å². The lowest BCUT2D eigenvalue weighted by molar-refractivity contribution is 0.130. The van der Waals surface area contributed by atoms with Gasteiger partial charge in [0.1, 0.15) is 0 Å². The first-order chi connectivity index (χ1) is 14.3. The Morgan fingerprint density at radius 1 is 1.20 bits per heavy atom. The quantitative estimate of drug-likeness (QED) is 0.762. The molecular formula is C25H34N4O. The molecule has 0 saturated carbocycles. The normalized spacial score (nSPS) is 20.5. The summed E-state index contributed by atoms with van der Waals surface area (Å²) in [5.74, 6) is 0. The van der Waals surface area contributed by atoms with Crippen LogP contribution in [0.3, 0.4) is 0 Å². The maximum atomic E-state index is 13.5. The zero-order chi connectivity index (χ0) is 21.3. The molecule has 2 amide bonds. The van der Waals surface area contributed by atoms with E-state index in [0.717, 1.165) is 56.0 Å². The standard InChI is InChI=1S/C25H34N4O/c1-19-12-13-22-23(26-19)25(2,3)18-29(22)24(30)28-15-8-11-21(17-28)27(4)16-14-20-9-6-5-7-10-20/h5-7,9-10,12-13,21H,8,11,14-18H2,1-4H3. The molecule has 2 aromatic rings. The summed E-state index contributed by atoms with van der Waals surface area (Å²) in [4.78, 5) is 24.7. The zero-order valence-corrected chi connectivity index (χ0v) is 18.8. The molecule has 2 aliphatic rings. The van der Waals surface area contributed by atoms with Crippen molar-refractivity contribution in [1.82, 2.24) is 14.8 Å². The molecule has 0 N–H and O–H groups in total. The highest BCUT2D eigenvalue weighted by Gasteiger charge is 2.41. The van der Waals surface area contributed by atoms with Crippen LogP contribution in [-0.4, -0.2) is 60.1 Å². The van der Waals surface area contributed by atoms with E-state index in [0.29, 0.717) is 12.6 Å². The lowest BCUT2D eigenvalue weighted by Crippen LogP contribution is -2.53. The molecule has 0 spiro atoms. The maximum Gasteiger partial charge on any atom is 0.324 e. The first-order valence-corrected chi connectivity index (χ1v) is 11.1. The molecule has 30 heavy (non-hydrogen) atoms. The van der Waals surface area contributed by atoms with Crippen LogP contribution in [0.25, 0.3) is 0 Å². The minimum absolute atomic E-state index is 0.112. The summed E-state index contributed by atoms with van der Waals surface area (Å²) in [5.41, 5.74) is 4.29. The van der Waals surface area contributed by atoms with Crippen molar-refractivity contribution in [2.75, 3.05) is 38.1 Å². The summed E-state index contributed by atoms with van der Waals surface area (Å²) in [6.07, 6.45) is 3.25. The van der Waals surface area contributed by atoms with Gasteiger partial charge in [0.2, 0.25) is 0 Å². The largest absolute Gasteiger partial charge is 0.324 e. The van der Waals surface area contributed by atoms with E-state index in [1.807, 2.05) is 17.9 Å². The van der Waals surface area contributed by atoms with Crippen molar-refractivity contribution in [3.05, 3.63) is 59.4 Å². The van der Waals surface area contributed by atoms with Gasteiger partial charge in [0.25, 0.3) is 0 Å². The van der Waals surface area contributed by atoms with E-state index < -0.39 is 0 Å². The van der Waals surface area contributed by atoms with Crippen LogP contribution in [0.5, 0.6) is 0 Å². The fourth-order valence-corrected chi connectivity index (χ4v) is 4.78. The number of nitrogens with zero attached hydrogens (tertiary/aromatic N) is 4. The third kappa shape index (κ3) is 4.22. The van der Waals surface area contributed by atoms with Gasteiger partial charge in [-0.15, -0.1) is 0 Å². The Morgan fingerprint density at radius 3 is 2.73 bits per heavy atom. The predicted octanol–water partition coefficient (Wildman–Crippen LogP) is 4.25. The number of fused-ring (bicyclic) bond motifs is 1. The SMILES string of the molecule is Cc1ccc2c(n1)C(C)(C)CN2C(=O)N1CCCC(N(C)CCc2ccccc2)C1. The topological polar surface area (TPSA) is 39.7 Å². The number of aromatic nitrogens is 1. The fourth-order valence-electron chi connectivity index (χ4n) is 4.78. The van der Waals surface area contributed by atoms with E-state index >= 15 is 0 Å². The molecule has 160 valence electrons. The van der Waals surface area contributed by atoms with Crippen LogP contribution in [-0.2, 0) is 11.8 Å². The smallest absolute Gasteiger partial charge is 0.323 e. The number of benzene rings is 1. The van der Waals surface area contributed by atoms with Gasteiger partial charge in [-0.05, 0) is 50.9 Å². The zero-order valence-electron chi connectivity index (χ0n) is 18.8. The molecule has 1 unspecified atom stereocenters. The van der Waals surface area contributed by atoms with Crippen LogP contribution in [0, 0.1) is 6.92 Å². The Bertz CT molecular complexity index is 895. The number of aryl methyl sites for hydroxylation is 1. The Balaban J connectivity index is 1.42. The molecule has 1 fully saturated rings. The third-order valence-electron chi connectivity index (χ3n) is 6.62. The van der Waals surface area contributed by atoms with Gasteiger partial charge in [-0.25, -0.2) is 4.79 Å². The van der Waals surface area contributed by atoms with Crippen molar-refractivity contribution in [3.8, 4) is 0 Å². The molecular weight excluding hydrogens is 372 g/mol. The fraction of sp³-hybridized carbons (Fsp3) is 0.520. The molecule has 5 nitrogen and oxygen atoms in total. The molecule has 1 aromatic heterocycles. The Hall–Kier alpha value is -2.40. The summed E-state index contributed by atoms with van der Waals surface area (Å²) in [6, 6.07) is 15.3. The van der Waals surface area contributed by atoms with E-state index in [-0.39, 0.29) is 11.4 Å². The Morgan fingerprint density at radius 2 is 1.97 bits per heavy atom. The number of carbonyl (C=O) groups excluding carboxylic acids is 1. The summed E-state index contributed by atoms with van der Waals surface area (Å²) in [5, 5.41) is 0. The van der Waals surface area contributed by atoms with Crippen molar-refractivity contribution in [3.63, 3.8) is 0 Å². The summed E-state index contributed by atoms with van der Waals surface area (Å²) in [6.45, 7) is 9.73. The monoisotopic (exact) mass is 406 g/mol. The number of hydrogen-bond donors (Lipinski definition) is 0. The molecule has 1 atom stereocenters. The van der Waals surface area contributed by atoms with Gasteiger partial charge in [0.05, 0.1) is 11.4 Å². The highest BCUT2D eigenvalue weighted by Crippen LogP contribution is 2.39. The van der Waals surface area contributed by atoms with Crippen LogP contribution < -0.4 is 4.90 Å². The van der Waals surface area contributed by atoms with E-state index in [1.54, 1.807) is 0 Å². The number of urea groups is 1. The maximum absolute atomic E-state index is 13.5. The first-order valence-electron chi connectivity index (χ1n) is 11.1. The Labute approximate surface area is 180 Å². The van der Waals surface area contributed by atoms with E-state index in [9.17, 15) is 4.79 Å². The molecule has 0 aliphatic carbocycles. The van der Waals surface area contributed by atoms with Crippen molar-refractivity contribution < 1.29 is 4.79 Å². The number of hydrogen-bond acceptors (Lipinski definition) is 3. The summed E-state index contributed by atoms with van der Waals surface area (Å²) >= 11 is 0. The lowest BCUT2D eigenvalue weighted by Gasteiger charge is -2.39. The number of piperidine rings is 1. The number of amides is 2. The summed E-state index contributed by atoms with van der Waals surface area (Å²) in [7, 11) is 2.20. The van der Waals surface area contributed by atoms with Gasteiger partial charge in [0, 0.05) is 43.3 Å². The van der Waals surface area contributed by atoms with Gasteiger partial charge >= 0.3 is 6.03 Å². The molecule has 2 aliphatic heterocycles. The highest BCUT2D eigenvalue weighted by atomic mass is 16.2. The van der Waals surface area contributed by atoms with Crippen LogP contribution in [0.15, 0.2) is 42.5 Å². The lowest BCUT2D eigenvalue weighted by atomic mass is 9.91. The van der Waals surface area contributed by atoms with Gasteiger partial charge in [-0.2, -0.15) is 0 Å². The van der Waals surface area contributed by atoms with Crippen LogP contribution in [0.2, 0.25) is 0 Å². The minimum Gasteiger partial charge on any atom is -0.323 e. The summed E-state index contributed by atoms with van der Waals surface area (Å²) < 4.78 is 0. The highest BCUT2D eigenvalue weighted by molar-refractivity contribution is 5.94. The molecule has 1 aromatic carbocycles. The van der Waals surface area contributed by atoms with Crippen LogP contribution in [0.1, 0.15) is 43.6 Å². The third-order valence-corrected chi connectivity index (χ3v) is 6.62. The van der Waals surface area contributed by atoms with Crippen LogP contribution >= 0.6 is 0 Å². The number of carbonyl (C=O) groups is 1. The molecule has 3 heterocycles. The van der Waals surface area contributed by atoms with Crippen molar-refractivity contribution >= 4 is 11.7 Å². The van der Waals surface area contributed by atoms with Gasteiger partial charge in [-0.1, -0.05) is 44.2 Å². The minimum atomic E-state index is -0.112. The molecule has 4 rings (SSSR count). The van der Waals surface area contributed by atoms with E-state index in [1.165, 1.54) is 5.56 Å². The number of likely N-dealkylation sites (N-methyl/N-ethyl adjacent to an activating group) is 1. The molecule has 1 saturated heterocycles. The van der Waals surface area contributed by atoms with Gasteiger partial charge in [-0.3, -0.25) is 9.88 Å². The number of pyridine rings is 1. The van der Waals surface area contributed by atoms with E-state index in [2.05, 4.69) is 67.1 Å². The molecule has 5 heteroatoms. The second kappa shape index (κ2) is 8.38. The second-order valence-corrected chi connectivity index (χ2v) is 9.53. The Kier molecular flexibility index (Phi) is 5.83. The molecule has 0 radical (unpaired) electrons. The van der Waals surface area contributed by atoms with Gasteiger partial charge in [0.15, 0.2) is 0 Å². The van der Waals surface area contributed by atoms with Crippen LogP contribution in [0.4, 0.5) is 10.5 Å².